The Kier molecular flexibility index (Phi) is 7.24. The van der Waals surface area contributed by atoms with Gasteiger partial charge in [0.05, 0.1) is 23.3 Å². The molecular weight excluding hydrogens is 386 g/mol. The lowest BCUT2D eigenvalue weighted by Crippen LogP contribution is -2.26. The van der Waals surface area contributed by atoms with Gasteiger partial charge in [-0.1, -0.05) is 30.3 Å². The number of carbonyl (C=O) groups excluding carboxylic acids is 2. The number of hydrogen-bond donors (Lipinski definition) is 2. The minimum atomic E-state index is -0.204. The number of methoxy groups -OCH3 is 1. The van der Waals surface area contributed by atoms with Crippen molar-refractivity contribution >= 4 is 29.3 Å². The van der Waals surface area contributed by atoms with Crippen LogP contribution >= 0.6 is 11.8 Å². The van der Waals surface area contributed by atoms with Crippen molar-refractivity contribution < 1.29 is 14.3 Å². The third kappa shape index (κ3) is 5.83. The summed E-state index contributed by atoms with van der Waals surface area (Å²) in [4.78, 5) is 28.8. The fourth-order valence-electron chi connectivity index (χ4n) is 2.57. The highest BCUT2D eigenvalue weighted by atomic mass is 32.2. The van der Waals surface area contributed by atoms with Gasteiger partial charge in [-0.25, -0.2) is 4.98 Å². The second kappa shape index (κ2) is 10.3. The predicted octanol–water partition coefficient (Wildman–Crippen LogP) is 3.86. The highest BCUT2D eigenvalue weighted by Crippen LogP contribution is 2.18. The molecule has 0 aliphatic rings. The Morgan fingerprint density at radius 1 is 0.966 bits per heavy atom. The summed E-state index contributed by atoms with van der Waals surface area (Å²) in [5.41, 5.74) is 1.73. The zero-order valence-corrected chi connectivity index (χ0v) is 16.7. The Labute approximate surface area is 173 Å². The molecule has 7 heteroatoms. The van der Waals surface area contributed by atoms with Gasteiger partial charge in [0, 0.05) is 24.2 Å². The molecule has 0 bridgehead atoms. The highest BCUT2D eigenvalue weighted by molar-refractivity contribution is 7.99. The summed E-state index contributed by atoms with van der Waals surface area (Å²) in [5, 5.41) is 6.48. The molecule has 1 heterocycles. The van der Waals surface area contributed by atoms with E-state index in [1.54, 1.807) is 36.5 Å². The monoisotopic (exact) mass is 407 g/mol. The minimum absolute atomic E-state index is 0.177. The second-order valence-corrected chi connectivity index (χ2v) is 7.13. The summed E-state index contributed by atoms with van der Waals surface area (Å²) >= 11 is 1.50. The number of para-hydroxylation sites is 2. The van der Waals surface area contributed by atoms with Crippen LogP contribution in [0.5, 0.6) is 5.75 Å². The molecule has 0 radical (unpaired) electrons. The first-order chi connectivity index (χ1) is 14.2. The van der Waals surface area contributed by atoms with Crippen molar-refractivity contribution in [2.24, 2.45) is 0 Å². The minimum Gasteiger partial charge on any atom is -0.496 e. The molecule has 0 saturated carbocycles. The van der Waals surface area contributed by atoms with E-state index in [9.17, 15) is 9.59 Å². The smallest absolute Gasteiger partial charge is 0.257 e. The first kappa shape index (κ1) is 20.4. The standard InChI is InChI=1S/C22H21N3O3S/c1-28-19-10-6-5-9-18(19)22(27)23-13-14-29-20-12-11-16(15-24-20)21(26)25-17-7-3-2-4-8-17/h2-12,15H,13-14H2,1H3,(H,23,27)(H,25,26). The third-order valence-corrected chi connectivity index (χ3v) is 4.96. The predicted molar refractivity (Wildman–Crippen MR) is 115 cm³/mol. The van der Waals surface area contributed by atoms with Crippen LogP contribution in [0.15, 0.2) is 78.0 Å². The summed E-state index contributed by atoms with van der Waals surface area (Å²) < 4.78 is 5.20. The first-order valence-corrected chi connectivity index (χ1v) is 10.0. The number of aromatic nitrogens is 1. The summed E-state index contributed by atoms with van der Waals surface area (Å²) in [6.07, 6.45) is 1.55. The van der Waals surface area contributed by atoms with E-state index in [4.69, 9.17) is 4.74 Å². The molecule has 0 saturated heterocycles. The van der Waals surface area contributed by atoms with E-state index in [-0.39, 0.29) is 11.8 Å². The number of rotatable bonds is 8. The normalized spacial score (nSPS) is 10.2. The summed E-state index contributed by atoms with van der Waals surface area (Å²) in [6, 6.07) is 19.9. The lowest BCUT2D eigenvalue weighted by molar-refractivity contribution is 0.0952. The molecule has 2 amide bonds. The Bertz CT molecular complexity index is 963. The Morgan fingerprint density at radius 3 is 2.45 bits per heavy atom. The van der Waals surface area contributed by atoms with Gasteiger partial charge in [0.2, 0.25) is 0 Å². The second-order valence-electron chi connectivity index (χ2n) is 6.01. The van der Waals surface area contributed by atoms with Gasteiger partial charge in [-0.15, -0.1) is 11.8 Å². The van der Waals surface area contributed by atoms with Gasteiger partial charge in [0.15, 0.2) is 0 Å². The van der Waals surface area contributed by atoms with Gasteiger partial charge in [0.25, 0.3) is 11.8 Å². The first-order valence-electron chi connectivity index (χ1n) is 9.04. The number of pyridine rings is 1. The van der Waals surface area contributed by atoms with E-state index in [1.807, 2.05) is 36.4 Å². The molecule has 1 aromatic heterocycles. The van der Waals surface area contributed by atoms with Gasteiger partial charge in [-0.3, -0.25) is 9.59 Å². The van der Waals surface area contributed by atoms with E-state index in [1.165, 1.54) is 18.9 Å². The van der Waals surface area contributed by atoms with Crippen LogP contribution in [0.2, 0.25) is 0 Å². The molecule has 2 N–H and O–H groups in total. The van der Waals surface area contributed by atoms with Gasteiger partial charge in [-0.2, -0.15) is 0 Å². The number of benzene rings is 2. The van der Waals surface area contributed by atoms with Gasteiger partial charge >= 0.3 is 0 Å². The molecule has 0 aliphatic carbocycles. The average molecular weight is 407 g/mol. The Morgan fingerprint density at radius 2 is 1.72 bits per heavy atom. The quantitative estimate of drug-likeness (QED) is 0.438. The molecule has 6 nitrogen and oxygen atoms in total. The maximum absolute atomic E-state index is 12.2. The fraction of sp³-hybridized carbons (Fsp3) is 0.136. The van der Waals surface area contributed by atoms with Crippen molar-refractivity contribution in [3.8, 4) is 5.75 Å². The van der Waals surface area contributed by atoms with E-state index >= 15 is 0 Å². The summed E-state index contributed by atoms with van der Waals surface area (Å²) in [6.45, 7) is 0.486. The Balaban J connectivity index is 1.45. The molecule has 0 aliphatic heterocycles. The lowest BCUT2D eigenvalue weighted by atomic mass is 10.2. The number of carbonyl (C=O) groups is 2. The average Bonchev–Trinajstić information content (AvgIpc) is 2.77. The van der Waals surface area contributed by atoms with E-state index in [0.717, 1.165) is 10.7 Å². The van der Waals surface area contributed by atoms with Crippen LogP contribution < -0.4 is 15.4 Å². The molecule has 0 fully saturated rings. The number of thioether (sulfide) groups is 1. The van der Waals surface area contributed by atoms with Crippen LogP contribution in [-0.4, -0.2) is 36.2 Å². The summed E-state index contributed by atoms with van der Waals surface area (Å²) in [7, 11) is 1.54. The van der Waals surface area contributed by atoms with Crippen molar-refractivity contribution in [3.05, 3.63) is 84.1 Å². The molecule has 2 aromatic carbocycles. The number of ether oxygens (including phenoxy) is 1. The fourth-order valence-corrected chi connectivity index (χ4v) is 3.28. The maximum Gasteiger partial charge on any atom is 0.257 e. The zero-order chi connectivity index (χ0) is 20.5. The van der Waals surface area contributed by atoms with Crippen molar-refractivity contribution in [2.75, 3.05) is 24.7 Å². The number of anilines is 1. The van der Waals surface area contributed by atoms with Crippen molar-refractivity contribution in [2.45, 2.75) is 5.03 Å². The number of amides is 2. The number of hydrogen-bond acceptors (Lipinski definition) is 5. The van der Waals surface area contributed by atoms with E-state index in [0.29, 0.717) is 29.2 Å². The van der Waals surface area contributed by atoms with Crippen LogP contribution in [-0.2, 0) is 0 Å². The molecule has 0 atom stereocenters. The molecule has 3 aromatic rings. The largest absolute Gasteiger partial charge is 0.496 e. The van der Waals surface area contributed by atoms with Gasteiger partial charge in [0.1, 0.15) is 5.75 Å². The SMILES string of the molecule is COc1ccccc1C(=O)NCCSc1ccc(C(=O)Nc2ccccc2)cn1. The van der Waals surface area contributed by atoms with Crippen LogP contribution in [0.25, 0.3) is 0 Å². The third-order valence-electron chi connectivity index (χ3n) is 4.02. The van der Waals surface area contributed by atoms with Crippen molar-refractivity contribution in [3.63, 3.8) is 0 Å². The van der Waals surface area contributed by atoms with Crippen LogP contribution in [0, 0.1) is 0 Å². The molecule has 0 spiro atoms. The van der Waals surface area contributed by atoms with Crippen molar-refractivity contribution in [1.29, 1.82) is 0 Å². The highest BCUT2D eigenvalue weighted by Gasteiger charge is 2.11. The van der Waals surface area contributed by atoms with Crippen molar-refractivity contribution in [1.82, 2.24) is 10.3 Å². The topological polar surface area (TPSA) is 80.3 Å². The van der Waals surface area contributed by atoms with Crippen LogP contribution in [0.3, 0.4) is 0 Å². The Hall–Kier alpha value is -3.32. The molecule has 3 rings (SSSR count). The van der Waals surface area contributed by atoms with Crippen LogP contribution in [0.1, 0.15) is 20.7 Å². The zero-order valence-electron chi connectivity index (χ0n) is 15.9. The molecule has 0 unspecified atom stereocenters. The van der Waals surface area contributed by atoms with Crippen LogP contribution in [0.4, 0.5) is 5.69 Å². The lowest BCUT2D eigenvalue weighted by Gasteiger charge is -2.09. The number of nitrogens with zero attached hydrogens (tertiary/aromatic N) is 1. The molecule has 29 heavy (non-hydrogen) atoms. The van der Waals surface area contributed by atoms with E-state index < -0.39 is 0 Å². The maximum atomic E-state index is 12.2. The number of nitrogens with one attached hydrogen (secondary N) is 2. The van der Waals surface area contributed by atoms with Gasteiger partial charge < -0.3 is 15.4 Å². The molecular formula is C22H21N3O3S. The van der Waals surface area contributed by atoms with E-state index in [2.05, 4.69) is 15.6 Å². The van der Waals surface area contributed by atoms with Gasteiger partial charge in [-0.05, 0) is 36.4 Å². The molecule has 148 valence electrons. The summed E-state index contributed by atoms with van der Waals surface area (Å²) in [5.74, 6) is 0.820.